The summed E-state index contributed by atoms with van der Waals surface area (Å²) in [5.41, 5.74) is 1.000. The van der Waals surface area contributed by atoms with Gasteiger partial charge < -0.3 is 29.4 Å². The summed E-state index contributed by atoms with van der Waals surface area (Å²) >= 11 is 0. The summed E-state index contributed by atoms with van der Waals surface area (Å²) in [6.45, 7) is 5.40. The highest BCUT2D eigenvalue weighted by Crippen LogP contribution is 2.29. The van der Waals surface area contributed by atoms with Crippen molar-refractivity contribution in [3.8, 4) is 0 Å². The topological polar surface area (TPSA) is 149 Å². The Bertz CT molecular complexity index is 1160. The summed E-state index contributed by atoms with van der Waals surface area (Å²) < 4.78 is 20.6. The molecule has 1 aliphatic heterocycles. The van der Waals surface area contributed by atoms with E-state index < -0.39 is 41.2 Å². The van der Waals surface area contributed by atoms with Crippen LogP contribution in [0.2, 0.25) is 0 Å². The number of epoxide rings is 1. The number of nitrogens with zero attached hydrogens (tertiary/aromatic N) is 1. The van der Waals surface area contributed by atoms with Crippen LogP contribution in [0.5, 0.6) is 0 Å². The lowest BCUT2D eigenvalue weighted by atomic mass is 9.92. The van der Waals surface area contributed by atoms with Crippen molar-refractivity contribution in [1.29, 1.82) is 0 Å². The van der Waals surface area contributed by atoms with Crippen molar-refractivity contribution in [2.75, 3.05) is 34.0 Å². The number of nitrogens with one attached hydrogen (secondary N) is 2. The van der Waals surface area contributed by atoms with E-state index in [2.05, 4.69) is 15.8 Å². The first kappa shape index (κ1) is 29.2. The van der Waals surface area contributed by atoms with Crippen molar-refractivity contribution in [2.45, 2.75) is 51.3 Å². The highest BCUT2D eigenvalue weighted by molar-refractivity contribution is 5.99. The molecule has 206 valence electrons. The van der Waals surface area contributed by atoms with Gasteiger partial charge in [-0.2, -0.15) is 0 Å². The zero-order valence-corrected chi connectivity index (χ0v) is 22.4. The molecular weight excluding hydrogens is 494 g/mol. The number of Topliss-reactive ketones (excluding diaryl/α,β-unsaturated/α-hetero) is 2. The lowest BCUT2D eigenvalue weighted by Crippen LogP contribution is -2.51. The molecule has 38 heavy (non-hydrogen) atoms. The lowest BCUT2D eigenvalue weighted by molar-refractivity contribution is -0.135. The number of carbonyl (C=O) groups is 4. The maximum absolute atomic E-state index is 13.3. The van der Waals surface area contributed by atoms with Gasteiger partial charge in [0, 0.05) is 26.7 Å². The van der Waals surface area contributed by atoms with Crippen LogP contribution in [0.1, 0.15) is 40.7 Å². The number of methoxy groups -OCH3 is 2. The predicted molar refractivity (Wildman–Crippen MR) is 136 cm³/mol. The molecule has 1 aliphatic rings. The largest absolute Gasteiger partial charge is 0.384 e. The number of hydrogen-bond donors (Lipinski definition) is 2. The first-order valence-electron chi connectivity index (χ1n) is 12.3. The van der Waals surface area contributed by atoms with Crippen LogP contribution in [0.25, 0.3) is 0 Å². The van der Waals surface area contributed by atoms with Crippen molar-refractivity contribution in [1.82, 2.24) is 15.8 Å². The van der Waals surface area contributed by atoms with Gasteiger partial charge in [0.25, 0.3) is 5.91 Å². The molecule has 0 spiro atoms. The van der Waals surface area contributed by atoms with Crippen molar-refractivity contribution in [3.05, 3.63) is 52.9 Å². The molecule has 1 fully saturated rings. The van der Waals surface area contributed by atoms with Crippen LogP contribution in [0.3, 0.4) is 0 Å². The molecule has 0 saturated carbocycles. The molecule has 0 unspecified atom stereocenters. The number of rotatable bonds is 15. The molecule has 1 saturated heterocycles. The summed E-state index contributed by atoms with van der Waals surface area (Å²) in [5, 5.41) is 9.06. The molecule has 3 rings (SSSR count). The van der Waals surface area contributed by atoms with Gasteiger partial charge in [-0.25, -0.2) is 0 Å². The van der Waals surface area contributed by atoms with Gasteiger partial charge in [-0.05, 0) is 32.8 Å². The van der Waals surface area contributed by atoms with Gasteiger partial charge in [0.15, 0.2) is 17.3 Å². The Balaban J connectivity index is 1.72. The smallest absolute Gasteiger partial charge is 0.274 e. The van der Waals surface area contributed by atoms with Gasteiger partial charge in [-0.15, -0.1) is 0 Å². The normalized spacial score (nSPS) is 18.8. The van der Waals surface area contributed by atoms with E-state index in [1.54, 1.807) is 13.8 Å². The number of amides is 2. The van der Waals surface area contributed by atoms with E-state index in [0.29, 0.717) is 5.76 Å². The minimum atomic E-state index is -1.03. The van der Waals surface area contributed by atoms with Crippen molar-refractivity contribution in [2.24, 2.45) is 5.92 Å². The SMILES string of the molecule is COC[C@H](CC(=O)[C@H](COC)NC(=O)c1cc(C)on1)C(=O)N[C@@H](Cc1cccc(C)c1)C(=O)[C@@]1(C)CO1. The second-order valence-electron chi connectivity index (χ2n) is 9.77. The second kappa shape index (κ2) is 12.9. The van der Waals surface area contributed by atoms with Gasteiger partial charge >= 0.3 is 0 Å². The molecule has 0 bridgehead atoms. The highest BCUT2D eigenvalue weighted by atomic mass is 16.6. The molecule has 11 heteroatoms. The molecule has 2 amide bonds. The Kier molecular flexibility index (Phi) is 9.90. The van der Waals surface area contributed by atoms with Crippen LogP contribution in [0, 0.1) is 19.8 Å². The minimum Gasteiger partial charge on any atom is -0.384 e. The van der Waals surface area contributed by atoms with Gasteiger partial charge in [-0.1, -0.05) is 35.0 Å². The van der Waals surface area contributed by atoms with Gasteiger partial charge in [0.05, 0.1) is 31.8 Å². The van der Waals surface area contributed by atoms with E-state index in [1.165, 1.54) is 20.3 Å². The maximum atomic E-state index is 13.3. The highest BCUT2D eigenvalue weighted by Gasteiger charge is 2.50. The third-order valence-electron chi connectivity index (χ3n) is 6.33. The molecule has 0 radical (unpaired) electrons. The molecule has 0 aliphatic carbocycles. The van der Waals surface area contributed by atoms with E-state index in [0.717, 1.165) is 11.1 Å². The Morgan fingerprint density at radius 3 is 2.34 bits per heavy atom. The second-order valence-corrected chi connectivity index (χ2v) is 9.77. The quantitative estimate of drug-likeness (QED) is 0.326. The standard InChI is InChI=1S/C27H35N3O8/c1-16-7-6-8-18(9-16)11-20(24(32)27(3)15-37-27)28-25(33)19(13-35-4)12-23(31)22(14-36-5)29-26(34)21-10-17(2)38-30-21/h6-10,19-20,22H,11-15H2,1-5H3,(H,28,33)(H,29,34)/t19-,20-,22-,27+/m0/s1. The van der Waals surface area contributed by atoms with E-state index in [-0.39, 0.29) is 44.1 Å². The molecular formula is C27H35N3O8. The Morgan fingerprint density at radius 2 is 1.76 bits per heavy atom. The summed E-state index contributed by atoms with van der Waals surface area (Å²) in [6, 6.07) is 7.24. The monoisotopic (exact) mass is 529 g/mol. The molecule has 1 aromatic heterocycles. The summed E-state index contributed by atoms with van der Waals surface area (Å²) in [7, 11) is 2.81. The fourth-order valence-electron chi connectivity index (χ4n) is 4.09. The van der Waals surface area contributed by atoms with Crippen molar-refractivity contribution < 1.29 is 37.9 Å². The number of carbonyl (C=O) groups excluding carboxylic acids is 4. The molecule has 2 N–H and O–H groups in total. The van der Waals surface area contributed by atoms with Crippen LogP contribution >= 0.6 is 0 Å². The van der Waals surface area contributed by atoms with Gasteiger partial charge in [0.1, 0.15) is 17.4 Å². The Labute approximate surface area is 221 Å². The number of hydrogen-bond acceptors (Lipinski definition) is 9. The maximum Gasteiger partial charge on any atom is 0.274 e. The van der Waals surface area contributed by atoms with Crippen LogP contribution in [0.15, 0.2) is 34.9 Å². The third kappa shape index (κ3) is 7.80. The van der Waals surface area contributed by atoms with E-state index in [4.69, 9.17) is 18.7 Å². The molecule has 11 nitrogen and oxygen atoms in total. The van der Waals surface area contributed by atoms with E-state index in [9.17, 15) is 19.2 Å². The van der Waals surface area contributed by atoms with Crippen molar-refractivity contribution >= 4 is 23.4 Å². The lowest BCUT2D eigenvalue weighted by Gasteiger charge is -2.24. The van der Waals surface area contributed by atoms with Gasteiger partial charge in [0.2, 0.25) is 5.91 Å². The first-order valence-corrected chi connectivity index (χ1v) is 12.3. The third-order valence-corrected chi connectivity index (χ3v) is 6.33. The van der Waals surface area contributed by atoms with E-state index >= 15 is 0 Å². The molecule has 2 heterocycles. The summed E-state index contributed by atoms with van der Waals surface area (Å²) in [5.74, 6) is -2.24. The average molecular weight is 530 g/mol. The summed E-state index contributed by atoms with van der Waals surface area (Å²) in [6.07, 6.45) is 0.0310. The number of ketones is 2. The first-order chi connectivity index (χ1) is 18.1. The van der Waals surface area contributed by atoms with Crippen LogP contribution in [-0.2, 0) is 35.0 Å². The summed E-state index contributed by atoms with van der Waals surface area (Å²) in [4.78, 5) is 52.2. The van der Waals surface area contributed by atoms with Crippen molar-refractivity contribution in [3.63, 3.8) is 0 Å². The van der Waals surface area contributed by atoms with Crippen LogP contribution < -0.4 is 10.6 Å². The van der Waals surface area contributed by atoms with Crippen LogP contribution in [-0.4, -0.2) is 80.3 Å². The fourth-order valence-corrected chi connectivity index (χ4v) is 4.09. The molecule has 4 atom stereocenters. The average Bonchev–Trinajstić information content (AvgIpc) is 3.47. The molecule has 2 aromatic rings. The zero-order valence-electron chi connectivity index (χ0n) is 22.4. The number of benzene rings is 1. The Hall–Kier alpha value is -3.41. The Morgan fingerprint density at radius 1 is 1.05 bits per heavy atom. The zero-order chi connectivity index (χ0) is 27.9. The van der Waals surface area contributed by atoms with E-state index in [1.807, 2.05) is 31.2 Å². The number of aromatic nitrogens is 1. The predicted octanol–water partition coefficient (Wildman–Crippen LogP) is 1.34. The number of ether oxygens (including phenoxy) is 3. The molecule has 1 aromatic carbocycles. The fraction of sp³-hybridized carbons (Fsp3) is 0.519. The minimum absolute atomic E-state index is 0.0240. The number of aryl methyl sites for hydroxylation is 2. The van der Waals surface area contributed by atoms with Crippen LogP contribution in [0.4, 0.5) is 0 Å². The van der Waals surface area contributed by atoms with Gasteiger partial charge in [-0.3, -0.25) is 19.2 Å².